The molecule has 0 saturated heterocycles. The molecular formula is C24H29N3O2S3. The topological polar surface area (TPSA) is 64.1 Å². The average Bonchev–Trinajstić information content (AvgIpc) is 3.13. The number of hydrogen-bond acceptors (Lipinski definition) is 7. The Hall–Kier alpha value is -1.61. The average molecular weight is 488 g/mol. The van der Waals surface area contributed by atoms with Crippen molar-refractivity contribution in [3.05, 3.63) is 46.3 Å². The van der Waals surface area contributed by atoms with Gasteiger partial charge < -0.3 is 10.1 Å². The molecule has 0 bridgehead atoms. The highest BCUT2D eigenvalue weighted by Crippen LogP contribution is 2.42. The molecule has 3 heterocycles. The van der Waals surface area contributed by atoms with Crippen LogP contribution in [0.4, 0.5) is 0 Å². The highest BCUT2D eigenvalue weighted by molar-refractivity contribution is 8.00. The number of rotatable bonds is 8. The van der Waals surface area contributed by atoms with Crippen LogP contribution in [0, 0.1) is 0 Å². The number of carbonyl (C=O) groups excluding carboxylic acids is 1. The summed E-state index contributed by atoms with van der Waals surface area (Å²) in [6.07, 6.45) is 4.69. The fourth-order valence-corrected chi connectivity index (χ4v) is 6.35. The van der Waals surface area contributed by atoms with Gasteiger partial charge in [-0.1, -0.05) is 53.9 Å². The molecule has 1 atom stereocenters. The van der Waals surface area contributed by atoms with E-state index in [1.165, 1.54) is 39.5 Å². The third kappa shape index (κ3) is 5.65. The molecule has 8 heteroatoms. The van der Waals surface area contributed by atoms with E-state index >= 15 is 0 Å². The zero-order valence-electron chi connectivity index (χ0n) is 18.9. The minimum atomic E-state index is -0.202. The lowest BCUT2D eigenvalue weighted by Gasteiger charge is -2.30. The molecule has 0 saturated carbocycles. The number of hydrogen-bond donors (Lipinski definition) is 1. The highest BCUT2D eigenvalue weighted by Gasteiger charge is 2.31. The third-order valence-electron chi connectivity index (χ3n) is 5.52. The number of benzene rings is 1. The quantitative estimate of drug-likeness (QED) is 0.257. The van der Waals surface area contributed by atoms with Gasteiger partial charge in [-0.3, -0.25) is 4.79 Å². The van der Waals surface area contributed by atoms with Crippen LogP contribution in [0.15, 0.2) is 40.5 Å². The van der Waals surface area contributed by atoms with Crippen molar-refractivity contribution in [3.8, 4) is 0 Å². The van der Waals surface area contributed by atoms with Gasteiger partial charge in [0, 0.05) is 22.7 Å². The molecule has 2 aromatic heterocycles. The Labute approximate surface area is 202 Å². The maximum absolute atomic E-state index is 12.7. The summed E-state index contributed by atoms with van der Waals surface area (Å²) in [6.45, 7) is 6.92. The highest BCUT2D eigenvalue weighted by atomic mass is 32.2. The minimum Gasteiger partial charge on any atom is -0.370 e. The molecule has 1 aromatic carbocycles. The number of aryl methyl sites for hydroxylation is 1. The molecule has 0 aliphatic carbocycles. The second-order valence-corrected chi connectivity index (χ2v) is 11.5. The lowest BCUT2D eigenvalue weighted by atomic mass is 9.95. The van der Waals surface area contributed by atoms with E-state index in [4.69, 9.17) is 14.7 Å². The lowest BCUT2D eigenvalue weighted by molar-refractivity contribution is -0.119. The summed E-state index contributed by atoms with van der Waals surface area (Å²) in [5.41, 5.74) is 2.38. The maximum Gasteiger partial charge on any atom is 0.230 e. The number of carbonyl (C=O) groups is 1. The van der Waals surface area contributed by atoms with Crippen LogP contribution in [0.1, 0.15) is 43.2 Å². The molecule has 0 radical (unpaired) electrons. The van der Waals surface area contributed by atoms with Crippen molar-refractivity contribution in [2.45, 2.75) is 68.5 Å². The maximum atomic E-state index is 12.7. The minimum absolute atomic E-state index is 0.0424. The number of nitrogens with one attached hydrogen (secondary N) is 1. The molecule has 1 unspecified atom stereocenters. The van der Waals surface area contributed by atoms with Crippen LogP contribution in [0.5, 0.6) is 0 Å². The van der Waals surface area contributed by atoms with E-state index in [9.17, 15) is 4.79 Å². The first-order chi connectivity index (χ1) is 15.3. The molecule has 1 amide bonds. The van der Waals surface area contributed by atoms with E-state index in [2.05, 4.69) is 50.4 Å². The molecule has 1 aliphatic rings. The Morgan fingerprint density at radius 3 is 2.81 bits per heavy atom. The van der Waals surface area contributed by atoms with Gasteiger partial charge in [0.1, 0.15) is 9.86 Å². The van der Waals surface area contributed by atoms with Crippen LogP contribution in [-0.2, 0) is 29.0 Å². The SMILES string of the molecule is CSc1nc(SCC(=O)NC(C)CCc2ccccc2)c2c3c(sc2n1)COC(C)(C)C3. The van der Waals surface area contributed by atoms with Gasteiger partial charge in [-0.25, -0.2) is 9.97 Å². The summed E-state index contributed by atoms with van der Waals surface area (Å²) in [6, 6.07) is 10.5. The van der Waals surface area contributed by atoms with Crippen LogP contribution in [0.3, 0.4) is 0 Å². The fraction of sp³-hybridized carbons (Fsp3) is 0.458. The van der Waals surface area contributed by atoms with E-state index < -0.39 is 0 Å². The molecular weight excluding hydrogens is 458 g/mol. The van der Waals surface area contributed by atoms with Gasteiger partial charge in [0.15, 0.2) is 5.16 Å². The lowest BCUT2D eigenvalue weighted by Crippen LogP contribution is -2.34. The Morgan fingerprint density at radius 1 is 1.28 bits per heavy atom. The Balaban J connectivity index is 1.44. The van der Waals surface area contributed by atoms with Gasteiger partial charge in [-0.05, 0) is 51.0 Å². The van der Waals surface area contributed by atoms with Crippen molar-refractivity contribution in [2.75, 3.05) is 12.0 Å². The Bertz CT molecular complexity index is 1100. The second kappa shape index (κ2) is 10.1. The number of ether oxygens (including phenoxy) is 1. The van der Waals surface area contributed by atoms with Gasteiger partial charge in [-0.15, -0.1) is 11.3 Å². The number of aromatic nitrogens is 2. The zero-order chi connectivity index (χ0) is 22.7. The van der Waals surface area contributed by atoms with Crippen LogP contribution >= 0.6 is 34.9 Å². The molecule has 4 rings (SSSR count). The van der Waals surface area contributed by atoms with Gasteiger partial charge in [0.05, 0.1) is 18.0 Å². The summed E-state index contributed by atoms with van der Waals surface area (Å²) in [7, 11) is 0. The third-order valence-corrected chi connectivity index (χ3v) is 8.14. The number of thiophene rings is 1. The summed E-state index contributed by atoms with van der Waals surface area (Å²) >= 11 is 4.73. The molecule has 1 N–H and O–H groups in total. The van der Waals surface area contributed by atoms with Gasteiger partial charge in [-0.2, -0.15) is 0 Å². The van der Waals surface area contributed by atoms with E-state index in [0.29, 0.717) is 12.4 Å². The van der Waals surface area contributed by atoms with Crippen LogP contribution < -0.4 is 5.32 Å². The van der Waals surface area contributed by atoms with E-state index in [1.54, 1.807) is 11.3 Å². The number of nitrogens with zero attached hydrogens (tertiary/aromatic N) is 2. The number of fused-ring (bicyclic) bond motifs is 3. The van der Waals surface area contributed by atoms with Crippen molar-refractivity contribution in [3.63, 3.8) is 0 Å². The van der Waals surface area contributed by atoms with Crippen molar-refractivity contribution < 1.29 is 9.53 Å². The predicted molar refractivity (Wildman–Crippen MR) is 135 cm³/mol. The summed E-state index contributed by atoms with van der Waals surface area (Å²) in [5.74, 6) is 0.390. The van der Waals surface area contributed by atoms with Crippen LogP contribution in [0.2, 0.25) is 0 Å². The molecule has 3 aromatic rings. The van der Waals surface area contributed by atoms with Crippen molar-refractivity contribution in [1.29, 1.82) is 0 Å². The summed E-state index contributed by atoms with van der Waals surface area (Å²) in [5, 5.41) is 5.90. The first-order valence-corrected chi connectivity index (χ1v) is 13.8. The van der Waals surface area contributed by atoms with Crippen LogP contribution in [0.25, 0.3) is 10.2 Å². The monoisotopic (exact) mass is 487 g/mol. The molecule has 5 nitrogen and oxygen atoms in total. The van der Waals surface area contributed by atoms with E-state index in [0.717, 1.165) is 39.7 Å². The Kier molecular flexibility index (Phi) is 7.44. The molecule has 0 spiro atoms. The van der Waals surface area contributed by atoms with E-state index in [1.807, 2.05) is 12.3 Å². The molecule has 32 heavy (non-hydrogen) atoms. The van der Waals surface area contributed by atoms with Crippen molar-refractivity contribution in [2.24, 2.45) is 0 Å². The first-order valence-electron chi connectivity index (χ1n) is 10.8. The van der Waals surface area contributed by atoms with Crippen LogP contribution in [-0.4, -0.2) is 39.5 Å². The standard InChI is InChI=1S/C24H29N3O2S3/c1-15(10-11-16-8-6-5-7-9-16)25-19(28)14-31-21-20-17-12-24(2,3)29-13-18(17)32-22(20)27-23(26-21)30-4/h5-9,15H,10-14H2,1-4H3,(H,25,28). The summed E-state index contributed by atoms with van der Waals surface area (Å²) in [4.78, 5) is 24.4. The smallest absolute Gasteiger partial charge is 0.230 e. The predicted octanol–water partition coefficient (Wildman–Crippen LogP) is 5.49. The molecule has 1 aliphatic heterocycles. The number of amides is 1. The fourth-order valence-electron chi connectivity index (χ4n) is 3.84. The van der Waals surface area contributed by atoms with Gasteiger partial charge in [0.2, 0.25) is 5.91 Å². The van der Waals surface area contributed by atoms with Gasteiger partial charge >= 0.3 is 0 Å². The normalized spacial score (nSPS) is 16.0. The largest absolute Gasteiger partial charge is 0.370 e. The summed E-state index contributed by atoms with van der Waals surface area (Å²) < 4.78 is 6.00. The number of thioether (sulfide) groups is 2. The van der Waals surface area contributed by atoms with Gasteiger partial charge in [0.25, 0.3) is 0 Å². The molecule has 0 fully saturated rings. The zero-order valence-corrected chi connectivity index (χ0v) is 21.4. The molecule has 170 valence electrons. The van der Waals surface area contributed by atoms with Crippen molar-refractivity contribution >= 4 is 51.0 Å². The van der Waals surface area contributed by atoms with Crippen molar-refractivity contribution in [1.82, 2.24) is 15.3 Å². The Morgan fingerprint density at radius 2 is 2.06 bits per heavy atom. The van der Waals surface area contributed by atoms with E-state index in [-0.39, 0.29) is 17.6 Å². The first kappa shape index (κ1) is 23.5. The second-order valence-electron chi connectivity index (χ2n) is 8.71.